The number of nitrogens with one attached hydrogen (secondary N) is 1. The normalized spacial score (nSPS) is 16.1. The molecular weight excluding hydrogens is 390 g/mol. The van der Waals surface area contributed by atoms with Gasteiger partial charge in [0.05, 0.1) is 4.90 Å². The molecule has 0 atom stereocenters. The summed E-state index contributed by atoms with van der Waals surface area (Å²) in [5.41, 5.74) is 0.157. The van der Waals surface area contributed by atoms with Crippen LogP contribution in [0.1, 0.15) is 47.5 Å². The van der Waals surface area contributed by atoms with E-state index in [1.807, 2.05) is 25.7 Å². The van der Waals surface area contributed by atoms with Gasteiger partial charge in [-0.15, -0.1) is 0 Å². The zero-order chi connectivity index (χ0) is 21.8. The first-order valence-electron chi connectivity index (χ1n) is 10.2. The molecule has 0 aliphatic carbocycles. The molecule has 0 saturated carbocycles. The summed E-state index contributed by atoms with van der Waals surface area (Å²) in [4.78, 5) is 27.0. The summed E-state index contributed by atoms with van der Waals surface area (Å²) in [6, 6.07) is 6.28. The topological polar surface area (TPSA) is 86.8 Å². The first-order valence-corrected chi connectivity index (χ1v) is 11.6. The number of amides is 2. The first-order chi connectivity index (χ1) is 13.5. The van der Waals surface area contributed by atoms with Gasteiger partial charge in [-0.05, 0) is 37.1 Å². The molecule has 2 amide bonds. The van der Waals surface area contributed by atoms with Crippen LogP contribution >= 0.6 is 0 Å². The zero-order valence-corrected chi connectivity index (χ0v) is 18.9. The van der Waals surface area contributed by atoms with Crippen molar-refractivity contribution < 1.29 is 18.0 Å². The van der Waals surface area contributed by atoms with Crippen LogP contribution < -0.4 is 5.32 Å². The monoisotopic (exact) mass is 423 g/mol. The Morgan fingerprint density at radius 2 is 1.59 bits per heavy atom. The molecule has 0 aromatic heterocycles. The average Bonchev–Trinajstić information content (AvgIpc) is 2.68. The highest BCUT2D eigenvalue weighted by atomic mass is 32.2. The minimum Gasteiger partial charge on any atom is -0.342 e. The maximum Gasteiger partial charge on any atom is 0.243 e. The van der Waals surface area contributed by atoms with E-state index in [0.717, 1.165) is 0 Å². The van der Waals surface area contributed by atoms with Crippen molar-refractivity contribution in [1.29, 1.82) is 0 Å². The van der Waals surface area contributed by atoms with Gasteiger partial charge in [0, 0.05) is 43.2 Å². The summed E-state index contributed by atoms with van der Waals surface area (Å²) in [5, 5.41) is 2.87. The third kappa shape index (κ3) is 5.57. The molecule has 0 spiro atoms. The van der Waals surface area contributed by atoms with Gasteiger partial charge < -0.3 is 10.2 Å². The van der Waals surface area contributed by atoms with E-state index in [4.69, 9.17) is 0 Å². The van der Waals surface area contributed by atoms with Crippen molar-refractivity contribution >= 4 is 27.5 Å². The third-order valence-electron chi connectivity index (χ3n) is 5.26. The number of piperidine rings is 1. The Labute approximate surface area is 174 Å². The molecule has 1 aromatic carbocycles. The van der Waals surface area contributed by atoms with Crippen molar-refractivity contribution in [2.24, 2.45) is 11.3 Å². The van der Waals surface area contributed by atoms with Crippen LogP contribution in [-0.2, 0) is 19.6 Å². The lowest BCUT2D eigenvalue weighted by Crippen LogP contribution is -2.45. The molecule has 2 rings (SSSR count). The number of benzene rings is 1. The van der Waals surface area contributed by atoms with Crippen molar-refractivity contribution in [2.75, 3.05) is 31.5 Å². The van der Waals surface area contributed by atoms with Gasteiger partial charge in [0.2, 0.25) is 21.8 Å². The molecule has 0 bridgehead atoms. The molecule has 162 valence electrons. The molecule has 7 nitrogen and oxygen atoms in total. The smallest absolute Gasteiger partial charge is 0.243 e. The van der Waals surface area contributed by atoms with Crippen molar-refractivity contribution in [1.82, 2.24) is 9.21 Å². The van der Waals surface area contributed by atoms with Gasteiger partial charge in [-0.25, -0.2) is 8.42 Å². The standard InChI is InChI=1S/C21H33N3O4S/c1-6-24(7-2)29(27,28)18-10-8-17(9-11-18)22-19(25)16-12-14-23(15-13-16)20(26)21(3,4)5/h8-11,16H,6-7,12-15H2,1-5H3,(H,22,25). The zero-order valence-electron chi connectivity index (χ0n) is 18.1. The number of nitrogens with zero attached hydrogens (tertiary/aromatic N) is 2. The number of anilines is 1. The van der Waals surface area contributed by atoms with Crippen molar-refractivity contribution in [3.05, 3.63) is 24.3 Å². The van der Waals surface area contributed by atoms with E-state index in [9.17, 15) is 18.0 Å². The molecule has 0 radical (unpaired) electrons. The van der Waals surface area contributed by atoms with E-state index in [0.29, 0.717) is 44.7 Å². The van der Waals surface area contributed by atoms with Gasteiger partial charge in [0.1, 0.15) is 0 Å². The maximum absolute atomic E-state index is 12.6. The SMILES string of the molecule is CCN(CC)S(=O)(=O)c1ccc(NC(=O)C2CCN(C(=O)C(C)(C)C)CC2)cc1. The highest BCUT2D eigenvalue weighted by molar-refractivity contribution is 7.89. The molecular formula is C21H33N3O4S. The fourth-order valence-corrected chi connectivity index (χ4v) is 4.94. The van der Waals surface area contributed by atoms with Gasteiger partial charge in [-0.3, -0.25) is 9.59 Å². The van der Waals surface area contributed by atoms with Crippen LogP contribution in [0, 0.1) is 11.3 Å². The summed E-state index contributed by atoms with van der Waals surface area (Å²) in [6.07, 6.45) is 1.25. The molecule has 29 heavy (non-hydrogen) atoms. The second kappa shape index (κ2) is 9.26. The number of sulfonamides is 1. The Morgan fingerprint density at radius 1 is 1.07 bits per heavy atom. The van der Waals surface area contributed by atoms with Crippen LogP contribution in [0.3, 0.4) is 0 Å². The second-order valence-corrected chi connectivity index (χ2v) is 10.4. The van der Waals surface area contributed by atoms with E-state index in [-0.39, 0.29) is 22.6 Å². The third-order valence-corrected chi connectivity index (χ3v) is 7.32. The van der Waals surface area contributed by atoms with Gasteiger partial charge in [0.25, 0.3) is 0 Å². The van der Waals surface area contributed by atoms with E-state index in [1.54, 1.807) is 26.0 Å². The molecule has 1 fully saturated rings. The molecule has 1 aromatic rings. The fraction of sp³-hybridized carbons (Fsp3) is 0.619. The summed E-state index contributed by atoms with van der Waals surface area (Å²) >= 11 is 0. The Balaban J connectivity index is 1.96. The van der Waals surface area contributed by atoms with Crippen molar-refractivity contribution in [2.45, 2.75) is 52.4 Å². The Bertz CT molecular complexity index is 816. The lowest BCUT2D eigenvalue weighted by molar-refractivity contribution is -0.142. The molecule has 1 N–H and O–H groups in total. The molecule has 0 unspecified atom stereocenters. The average molecular weight is 424 g/mol. The number of hydrogen-bond acceptors (Lipinski definition) is 4. The quantitative estimate of drug-likeness (QED) is 0.762. The molecule has 1 aliphatic heterocycles. The van der Waals surface area contributed by atoms with Gasteiger partial charge in [-0.1, -0.05) is 34.6 Å². The molecule has 8 heteroatoms. The Kier molecular flexibility index (Phi) is 7.45. The highest BCUT2D eigenvalue weighted by Gasteiger charge is 2.32. The van der Waals surface area contributed by atoms with Gasteiger partial charge in [-0.2, -0.15) is 4.31 Å². The number of likely N-dealkylation sites (tertiary alicyclic amines) is 1. The summed E-state index contributed by atoms with van der Waals surface area (Å²) in [5.74, 6) is -0.133. The predicted octanol–water partition coefficient (Wildman–Crippen LogP) is 2.94. The number of carbonyl (C=O) groups excluding carboxylic acids is 2. The maximum atomic E-state index is 12.6. The van der Waals surface area contributed by atoms with E-state index in [2.05, 4.69) is 5.32 Å². The van der Waals surface area contributed by atoms with Crippen LogP contribution in [0.2, 0.25) is 0 Å². The molecule has 1 heterocycles. The lowest BCUT2D eigenvalue weighted by atomic mass is 9.90. The number of hydrogen-bond donors (Lipinski definition) is 1. The van der Waals surface area contributed by atoms with Crippen molar-refractivity contribution in [3.63, 3.8) is 0 Å². The number of carbonyl (C=O) groups is 2. The van der Waals surface area contributed by atoms with Crippen LogP contribution in [0.5, 0.6) is 0 Å². The molecule has 1 aliphatic rings. The van der Waals surface area contributed by atoms with Crippen LogP contribution in [0.15, 0.2) is 29.2 Å². The predicted molar refractivity (Wildman–Crippen MR) is 114 cm³/mol. The lowest BCUT2D eigenvalue weighted by Gasteiger charge is -2.35. The molecule has 1 saturated heterocycles. The Hall–Kier alpha value is -1.93. The van der Waals surface area contributed by atoms with Crippen molar-refractivity contribution in [3.8, 4) is 0 Å². The Morgan fingerprint density at radius 3 is 2.03 bits per heavy atom. The largest absolute Gasteiger partial charge is 0.342 e. The minimum absolute atomic E-state index is 0.0905. The van der Waals surface area contributed by atoms with E-state index in [1.165, 1.54) is 16.4 Å². The van der Waals surface area contributed by atoms with E-state index < -0.39 is 15.4 Å². The van der Waals surface area contributed by atoms with Gasteiger partial charge >= 0.3 is 0 Å². The van der Waals surface area contributed by atoms with Crippen LogP contribution in [0.4, 0.5) is 5.69 Å². The summed E-state index contributed by atoms with van der Waals surface area (Å²) in [7, 11) is -3.51. The van der Waals surface area contributed by atoms with E-state index >= 15 is 0 Å². The van der Waals surface area contributed by atoms with Crippen LogP contribution in [0.25, 0.3) is 0 Å². The summed E-state index contributed by atoms with van der Waals surface area (Å²) in [6.45, 7) is 11.3. The summed E-state index contributed by atoms with van der Waals surface area (Å²) < 4.78 is 26.5. The fourth-order valence-electron chi connectivity index (χ4n) is 3.49. The highest BCUT2D eigenvalue weighted by Crippen LogP contribution is 2.25. The number of rotatable bonds is 6. The first kappa shape index (κ1) is 23.3. The van der Waals surface area contributed by atoms with Gasteiger partial charge in [0.15, 0.2) is 0 Å². The second-order valence-electron chi connectivity index (χ2n) is 8.42. The van der Waals surface area contributed by atoms with Crippen LogP contribution in [-0.4, -0.2) is 55.6 Å². The minimum atomic E-state index is -3.51.